The van der Waals surface area contributed by atoms with E-state index in [0.717, 1.165) is 36.6 Å². The van der Waals surface area contributed by atoms with Gasteiger partial charge in [0.1, 0.15) is 0 Å². The monoisotopic (exact) mass is 492 g/mol. The first-order valence-electron chi connectivity index (χ1n) is 13.8. The number of nitrogens with one attached hydrogen (secondary N) is 1. The zero-order chi connectivity index (χ0) is 25.4. The normalized spacial score (nSPS) is 17.3. The van der Waals surface area contributed by atoms with E-state index in [9.17, 15) is 0 Å². The van der Waals surface area contributed by atoms with E-state index in [4.69, 9.17) is 0 Å². The van der Waals surface area contributed by atoms with Crippen LogP contribution in [0, 0.1) is 5.92 Å². The molecule has 1 aromatic rings. The second kappa shape index (κ2) is 13.6. The summed E-state index contributed by atoms with van der Waals surface area (Å²) in [6.45, 7) is 19.9. The minimum atomic E-state index is 0.576. The van der Waals surface area contributed by atoms with Crippen molar-refractivity contribution in [2.24, 2.45) is 5.92 Å². The Bertz CT molecular complexity index is 953. The standard InChI is InChI=1S/C32H48N2S/c1-8-26-19-30-29(20-27(26)14-12-10-9-11-13-17-33-35-7)28(16-15-23(2)3)21-34-22-31(24(4)5)25(6)18-32(30)34/h18-20,22-23,28,33H,4,6,8-17,21H2,1-3,5,7H3/t28-/m0/s1. The molecule has 0 aliphatic carbocycles. The summed E-state index contributed by atoms with van der Waals surface area (Å²) in [6.07, 6.45) is 18.2. The number of benzene rings is 1. The van der Waals surface area contributed by atoms with Crippen molar-refractivity contribution in [2.45, 2.75) is 91.4 Å². The largest absolute Gasteiger partial charge is 0.346 e. The lowest BCUT2D eigenvalue weighted by Gasteiger charge is -2.40. The van der Waals surface area contributed by atoms with Gasteiger partial charge in [-0.2, -0.15) is 0 Å². The minimum Gasteiger partial charge on any atom is -0.346 e. The molecule has 192 valence electrons. The SMILES string of the molecule is C=C(C)C1=CN2C[C@H](CCC(C)C)c3cc(CCCCCCCNSC)c(CC)cc3C2=CC1=C. The third-order valence-corrected chi connectivity index (χ3v) is 8.05. The maximum Gasteiger partial charge on any atom is 0.0489 e. The van der Waals surface area contributed by atoms with Crippen LogP contribution in [0.4, 0.5) is 0 Å². The Morgan fingerprint density at radius 3 is 2.57 bits per heavy atom. The topological polar surface area (TPSA) is 15.3 Å². The average Bonchev–Trinajstić information content (AvgIpc) is 2.83. The fourth-order valence-electron chi connectivity index (χ4n) is 5.49. The van der Waals surface area contributed by atoms with Gasteiger partial charge in [0.15, 0.2) is 0 Å². The van der Waals surface area contributed by atoms with Crippen LogP contribution in [-0.4, -0.2) is 24.2 Å². The summed E-state index contributed by atoms with van der Waals surface area (Å²) in [6, 6.07) is 5.12. The van der Waals surface area contributed by atoms with Crippen LogP contribution in [0.1, 0.15) is 101 Å². The Balaban J connectivity index is 1.81. The van der Waals surface area contributed by atoms with Crippen LogP contribution >= 0.6 is 11.9 Å². The molecule has 1 atom stereocenters. The van der Waals surface area contributed by atoms with Gasteiger partial charge in [0, 0.05) is 36.5 Å². The van der Waals surface area contributed by atoms with Gasteiger partial charge in [-0.05, 0) is 96.8 Å². The molecule has 0 saturated heterocycles. The van der Waals surface area contributed by atoms with Gasteiger partial charge in [-0.15, -0.1) is 0 Å². The molecule has 0 radical (unpaired) electrons. The summed E-state index contributed by atoms with van der Waals surface area (Å²) in [4.78, 5) is 2.48. The number of hydrogen-bond donors (Lipinski definition) is 1. The number of unbranched alkanes of at least 4 members (excludes halogenated alkanes) is 4. The first kappa shape index (κ1) is 27.9. The summed E-state index contributed by atoms with van der Waals surface area (Å²) < 4.78 is 3.36. The van der Waals surface area contributed by atoms with Crippen molar-refractivity contribution in [3.63, 3.8) is 0 Å². The van der Waals surface area contributed by atoms with Gasteiger partial charge in [-0.25, -0.2) is 0 Å². The number of hydrogen-bond acceptors (Lipinski definition) is 3. The summed E-state index contributed by atoms with van der Waals surface area (Å²) >= 11 is 1.73. The second-order valence-corrected chi connectivity index (χ2v) is 11.6. The van der Waals surface area contributed by atoms with Gasteiger partial charge in [0.2, 0.25) is 0 Å². The van der Waals surface area contributed by atoms with Crippen LogP contribution in [0.15, 0.2) is 54.3 Å². The maximum absolute atomic E-state index is 4.36. The molecule has 35 heavy (non-hydrogen) atoms. The van der Waals surface area contributed by atoms with Crippen molar-refractivity contribution in [3.8, 4) is 0 Å². The molecule has 2 heterocycles. The van der Waals surface area contributed by atoms with Gasteiger partial charge < -0.3 is 4.90 Å². The predicted octanol–water partition coefficient (Wildman–Crippen LogP) is 8.82. The minimum absolute atomic E-state index is 0.576. The molecule has 0 fully saturated rings. The Hall–Kier alpha value is -1.71. The van der Waals surface area contributed by atoms with Crippen LogP contribution < -0.4 is 4.72 Å². The highest BCUT2D eigenvalue weighted by atomic mass is 32.2. The van der Waals surface area contributed by atoms with Crippen molar-refractivity contribution >= 4 is 17.6 Å². The molecule has 3 rings (SSSR count). The summed E-state index contributed by atoms with van der Waals surface area (Å²) in [5, 5.41) is 0. The van der Waals surface area contributed by atoms with E-state index in [0.29, 0.717) is 5.92 Å². The summed E-state index contributed by atoms with van der Waals surface area (Å²) in [5.74, 6) is 1.31. The molecule has 2 nitrogen and oxygen atoms in total. The molecule has 1 N–H and O–H groups in total. The number of fused-ring (bicyclic) bond motifs is 3. The van der Waals surface area contributed by atoms with Crippen LogP contribution in [0.5, 0.6) is 0 Å². The van der Waals surface area contributed by atoms with Crippen LogP contribution in [0.2, 0.25) is 0 Å². The Morgan fingerprint density at radius 2 is 1.89 bits per heavy atom. The molecular weight excluding hydrogens is 444 g/mol. The molecule has 0 saturated carbocycles. The van der Waals surface area contributed by atoms with E-state index in [1.807, 2.05) is 0 Å². The maximum atomic E-state index is 4.36. The van der Waals surface area contributed by atoms with Crippen molar-refractivity contribution in [1.29, 1.82) is 0 Å². The van der Waals surface area contributed by atoms with E-state index in [-0.39, 0.29) is 0 Å². The smallest absolute Gasteiger partial charge is 0.0489 e. The van der Waals surface area contributed by atoms with Gasteiger partial charge in [-0.3, -0.25) is 4.72 Å². The van der Waals surface area contributed by atoms with E-state index in [2.05, 4.69) is 81.1 Å². The van der Waals surface area contributed by atoms with E-state index in [1.54, 1.807) is 23.1 Å². The molecule has 0 aromatic heterocycles. The van der Waals surface area contributed by atoms with Crippen molar-refractivity contribution < 1.29 is 0 Å². The van der Waals surface area contributed by atoms with Crippen molar-refractivity contribution in [3.05, 3.63) is 76.5 Å². The van der Waals surface area contributed by atoms with Crippen molar-refractivity contribution in [1.82, 2.24) is 9.62 Å². The molecule has 0 spiro atoms. The fourth-order valence-corrected chi connectivity index (χ4v) is 5.84. The molecular formula is C32H48N2S. The molecule has 2 aliphatic heterocycles. The first-order chi connectivity index (χ1) is 16.8. The zero-order valence-corrected chi connectivity index (χ0v) is 23.8. The van der Waals surface area contributed by atoms with Crippen molar-refractivity contribution in [2.75, 3.05) is 19.3 Å². The Labute approximate surface area is 220 Å². The Morgan fingerprint density at radius 1 is 1.14 bits per heavy atom. The summed E-state index contributed by atoms with van der Waals surface area (Å²) in [5.41, 5.74) is 10.8. The average molecular weight is 493 g/mol. The lowest BCUT2D eigenvalue weighted by Crippen LogP contribution is -2.31. The van der Waals surface area contributed by atoms with E-state index < -0.39 is 0 Å². The molecule has 0 unspecified atom stereocenters. The third kappa shape index (κ3) is 7.40. The number of aryl methyl sites for hydroxylation is 2. The number of rotatable bonds is 14. The zero-order valence-electron chi connectivity index (χ0n) is 23.0. The number of allylic oxidation sites excluding steroid dienone is 4. The van der Waals surface area contributed by atoms with Crippen LogP contribution in [0.3, 0.4) is 0 Å². The van der Waals surface area contributed by atoms with Gasteiger partial charge in [-0.1, -0.05) is 77.6 Å². The lowest BCUT2D eigenvalue weighted by molar-refractivity contribution is 0.401. The molecule has 3 heteroatoms. The third-order valence-electron chi connectivity index (χ3n) is 7.56. The van der Waals surface area contributed by atoms with Gasteiger partial charge >= 0.3 is 0 Å². The van der Waals surface area contributed by atoms with Gasteiger partial charge in [0.05, 0.1) is 0 Å². The Kier molecular flexibility index (Phi) is 10.8. The van der Waals surface area contributed by atoms with Crippen LogP contribution in [0.25, 0.3) is 5.70 Å². The molecule has 2 aliphatic rings. The van der Waals surface area contributed by atoms with E-state index >= 15 is 0 Å². The molecule has 0 amide bonds. The molecule has 1 aromatic carbocycles. The fraction of sp³-hybridized carbons (Fsp3) is 0.562. The molecule has 0 bridgehead atoms. The highest BCUT2D eigenvalue weighted by Gasteiger charge is 2.31. The van der Waals surface area contributed by atoms with E-state index in [1.165, 1.54) is 73.8 Å². The van der Waals surface area contributed by atoms with Gasteiger partial charge in [0.25, 0.3) is 0 Å². The van der Waals surface area contributed by atoms with Crippen LogP contribution in [-0.2, 0) is 12.8 Å². The lowest BCUT2D eigenvalue weighted by atomic mass is 9.79. The predicted molar refractivity (Wildman–Crippen MR) is 158 cm³/mol. The summed E-state index contributed by atoms with van der Waals surface area (Å²) in [7, 11) is 0. The highest BCUT2D eigenvalue weighted by molar-refractivity contribution is 7.96. The number of nitrogens with zero attached hydrogens (tertiary/aromatic N) is 1. The first-order valence-corrected chi connectivity index (χ1v) is 15.0. The highest BCUT2D eigenvalue weighted by Crippen LogP contribution is 2.43. The quantitative estimate of drug-likeness (QED) is 0.206. The second-order valence-electron chi connectivity index (χ2n) is 10.9.